The number of ether oxygens (including phenoxy) is 2. The molecule has 0 spiro atoms. The van der Waals surface area contributed by atoms with E-state index >= 15 is 0 Å². The van der Waals surface area contributed by atoms with Crippen LogP contribution in [-0.2, 0) is 28.7 Å². The predicted octanol–water partition coefficient (Wildman–Crippen LogP) is 0.0322. The van der Waals surface area contributed by atoms with Crippen LogP contribution in [0.3, 0.4) is 0 Å². The second-order valence-corrected chi connectivity index (χ2v) is 3.07. The Balaban J connectivity index is 0.000000160. The highest BCUT2D eigenvalue weighted by molar-refractivity contribution is 6.08. The van der Waals surface area contributed by atoms with Gasteiger partial charge in [0.25, 0.3) is 0 Å². The summed E-state index contributed by atoms with van der Waals surface area (Å²) in [6, 6.07) is 0. The topological polar surface area (TPSA) is 86.7 Å². The fraction of sp³-hybridized carbons (Fsp3) is 0.200. The number of hydrogen-bond acceptors (Lipinski definition) is 6. The van der Waals surface area contributed by atoms with E-state index in [0.29, 0.717) is 11.1 Å². The smallest absolute Gasteiger partial charge is 0.341 e. The molecule has 0 unspecified atom stereocenters. The number of rotatable bonds is 0. The van der Waals surface area contributed by atoms with Gasteiger partial charge in [0.1, 0.15) is 0 Å². The van der Waals surface area contributed by atoms with Crippen LogP contribution in [0.2, 0.25) is 0 Å². The summed E-state index contributed by atoms with van der Waals surface area (Å²) in [7, 11) is 0. The lowest BCUT2D eigenvalue weighted by molar-refractivity contribution is -0.152. The van der Waals surface area contributed by atoms with E-state index in [1.807, 2.05) is 0 Å². The van der Waals surface area contributed by atoms with E-state index < -0.39 is 23.9 Å². The van der Waals surface area contributed by atoms with Gasteiger partial charge in [-0.15, -0.1) is 0 Å². The van der Waals surface area contributed by atoms with Crippen molar-refractivity contribution in [2.75, 3.05) is 0 Å². The number of carbonyl (C=O) groups excluding carboxylic acids is 4. The lowest BCUT2D eigenvalue weighted by Gasteiger charge is -1.83. The lowest BCUT2D eigenvalue weighted by Crippen LogP contribution is -1.99. The van der Waals surface area contributed by atoms with Crippen LogP contribution in [0.4, 0.5) is 0 Å². The first-order chi connectivity index (χ1) is 7.40. The molecule has 0 radical (unpaired) electrons. The fourth-order valence-electron chi connectivity index (χ4n) is 0.874. The van der Waals surface area contributed by atoms with Gasteiger partial charge in [-0.3, -0.25) is 0 Å². The molecule has 0 aromatic carbocycles. The molecule has 0 saturated heterocycles. The average Bonchev–Trinajstić information content (AvgIpc) is 2.58. The van der Waals surface area contributed by atoms with E-state index in [-0.39, 0.29) is 0 Å². The highest BCUT2D eigenvalue weighted by atomic mass is 16.6. The van der Waals surface area contributed by atoms with Crippen LogP contribution in [0.25, 0.3) is 0 Å². The summed E-state index contributed by atoms with van der Waals surface area (Å²) in [5.74, 6) is -2.19. The molecule has 16 heavy (non-hydrogen) atoms. The van der Waals surface area contributed by atoms with Gasteiger partial charge in [0, 0.05) is 23.3 Å². The highest BCUT2D eigenvalue weighted by Crippen LogP contribution is 2.05. The molecule has 0 bridgehead atoms. The normalized spacial score (nSPS) is 18.4. The maximum Gasteiger partial charge on any atom is 0.341 e. The number of cyclic esters (lactones) is 4. The first kappa shape index (κ1) is 11.8. The van der Waals surface area contributed by atoms with Gasteiger partial charge in [-0.05, 0) is 13.8 Å². The Kier molecular flexibility index (Phi) is 3.34. The molecule has 6 nitrogen and oxygen atoms in total. The van der Waals surface area contributed by atoms with Gasteiger partial charge in [0.05, 0.1) is 0 Å². The quantitative estimate of drug-likeness (QED) is 0.426. The maximum atomic E-state index is 10.3. The average molecular weight is 224 g/mol. The van der Waals surface area contributed by atoms with E-state index in [0.717, 1.165) is 0 Å². The Bertz CT molecular complexity index is 398. The Hall–Kier alpha value is -2.24. The highest BCUT2D eigenvalue weighted by Gasteiger charge is 2.19. The van der Waals surface area contributed by atoms with Crippen molar-refractivity contribution >= 4 is 23.9 Å². The van der Waals surface area contributed by atoms with Crippen molar-refractivity contribution in [2.24, 2.45) is 0 Å². The number of carbonyl (C=O) groups is 4. The number of hydrogen-bond donors (Lipinski definition) is 0. The summed E-state index contributed by atoms with van der Waals surface area (Å²) >= 11 is 0. The van der Waals surface area contributed by atoms with Crippen molar-refractivity contribution < 1.29 is 28.7 Å². The van der Waals surface area contributed by atoms with Gasteiger partial charge >= 0.3 is 23.9 Å². The van der Waals surface area contributed by atoms with E-state index in [2.05, 4.69) is 9.47 Å². The first-order valence-electron chi connectivity index (χ1n) is 4.29. The van der Waals surface area contributed by atoms with E-state index in [4.69, 9.17) is 0 Å². The molecule has 0 aromatic heterocycles. The monoisotopic (exact) mass is 224 g/mol. The third kappa shape index (κ3) is 2.88. The molecule has 0 aromatic rings. The van der Waals surface area contributed by atoms with Crippen LogP contribution in [0.5, 0.6) is 0 Å². The van der Waals surface area contributed by atoms with Gasteiger partial charge in [-0.25, -0.2) is 19.2 Å². The molecular formula is C10H8O6. The molecule has 0 saturated carbocycles. The first-order valence-corrected chi connectivity index (χ1v) is 4.29. The van der Waals surface area contributed by atoms with Crippen LogP contribution >= 0.6 is 0 Å². The minimum Gasteiger partial charge on any atom is -0.386 e. The summed E-state index contributed by atoms with van der Waals surface area (Å²) in [4.78, 5) is 40.8. The fourth-order valence-corrected chi connectivity index (χ4v) is 0.874. The van der Waals surface area contributed by atoms with E-state index in [1.165, 1.54) is 26.0 Å². The van der Waals surface area contributed by atoms with E-state index in [9.17, 15) is 19.2 Å². The second-order valence-electron chi connectivity index (χ2n) is 3.07. The Morgan fingerprint density at radius 1 is 0.750 bits per heavy atom. The van der Waals surface area contributed by atoms with Crippen LogP contribution in [-0.4, -0.2) is 23.9 Å². The van der Waals surface area contributed by atoms with Crippen LogP contribution < -0.4 is 0 Å². The predicted molar refractivity (Wildman–Crippen MR) is 49.7 cm³/mol. The zero-order chi connectivity index (χ0) is 12.3. The molecule has 6 heteroatoms. The summed E-state index contributed by atoms with van der Waals surface area (Å²) in [5.41, 5.74) is 0.741. The molecule has 2 heterocycles. The zero-order valence-electron chi connectivity index (χ0n) is 8.60. The SMILES string of the molecule is CC1=CC(=O)OC1=O.CC1=CC(=O)OC1=O. The molecule has 0 N–H and O–H groups in total. The van der Waals surface area contributed by atoms with Crippen molar-refractivity contribution in [3.8, 4) is 0 Å². The molecule has 0 fully saturated rings. The van der Waals surface area contributed by atoms with Crippen molar-refractivity contribution in [1.29, 1.82) is 0 Å². The Morgan fingerprint density at radius 3 is 1.12 bits per heavy atom. The summed E-state index contributed by atoms with van der Waals surface area (Å²) in [5, 5.41) is 0. The second kappa shape index (κ2) is 4.52. The molecule has 84 valence electrons. The van der Waals surface area contributed by atoms with Gasteiger partial charge in [-0.2, -0.15) is 0 Å². The van der Waals surface area contributed by atoms with Gasteiger partial charge in [0.2, 0.25) is 0 Å². The van der Waals surface area contributed by atoms with Crippen LogP contribution in [0.15, 0.2) is 23.3 Å². The molecule has 2 aliphatic heterocycles. The van der Waals surface area contributed by atoms with Crippen LogP contribution in [0, 0.1) is 0 Å². The molecular weight excluding hydrogens is 216 g/mol. The minimum atomic E-state index is -0.562. The lowest BCUT2D eigenvalue weighted by atomic mass is 10.3. The zero-order valence-corrected chi connectivity index (χ0v) is 8.60. The van der Waals surface area contributed by atoms with Crippen molar-refractivity contribution in [3.05, 3.63) is 23.3 Å². The van der Waals surface area contributed by atoms with Crippen molar-refractivity contribution in [3.63, 3.8) is 0 Å². The van der Waals surface area contributed by atoms with Crippen molar-refractivity contribution in [2.45, 2.75) is 13.8 Å². The summed E-state index contributed by atoms with van der Waals surface area (Å²) in [6.45, 7) is 3.07. The van der Waals surface area contributed by atoms with Crippen LogP contribution in [0.1, 0.15) is 13.8 Å². The summed E-state index contributed by atoms with van der Waals surface area (Å²) < 4.78 is 8.21. The Labute approximate surface area is 90.5 Å². The Morgan fingerprint density at radius 2 is 1.06 bits per heavy atom. The molecule has 0 atom stereocenters. The largest absolute Gasteiger partial charge is 0.386 e. The van der Waals surface area contributed by atoms with E-state index in [1.54, 1.807) is 0 Å². The van der Waals surface area contributed by atoms with Gasteiger partial charge < -0.3 is 9.47 Å². The number of esters is 4. The molecule has 0 aliphatic carbocycles. The third-order valence-corrected chi connectivity index (χ3v) is 1.70. The van der Waals surface area contributed by atoms with Crippen molar-refractivity contribution in [1.82, 2.24) is 0 Å². The third-order valence-electron chi connectivity index (χ3n) is 1.70. The molecule has 2 rings (SSSR count). The van der Waals surface area contributed by atoms with Gasteiger partial charge in [0.15, 0.2) is 0 Å². The minimum absolute atomic E-state index is 0.370. The van der Waals surface area contributed by atoms with Gasteiger partial charge in [-0.1, -0.05) is 0 Å². The standard InChI is InChI=1S/2C5H4O3/c2*1-3-2-4(6)8-5(3)7/h2*2H,1H3. The molecule has 2 aliphatic rings. The maximum absolute atomic E-state index is 10.3. The molecule has 0 amide bonds. The summed E-state index contributed by atoms with van der Waals surface area (Å²) in [6.07, 6.45) is 2.34.